The van der Waals surface area contributed by atoms with E-state index in [4.69, 9.17) is 5.41 Å². The molecule has 7 heavy (non-hydrogen) atoms. The Morgan fingerprint density at radius 2 is 2.43 bits per heavy atom. The van der Waals surface area contributed by atoms with Crippen LogP contribution in [0.4, 0.5) is 0 Å². The largest absolute Gasteiger partial charge is 0.300 e. The van der Waals surface area contributed by atoms with Gasteiger partial charge in [0.2, 0.25) is 0 Å². The monoisotopic (exact) mass is 91.0 g/mol. The fraction of sp³-hybridized carbons (Fsp3) is 0. The molecule has 1 aliphatic carbocycles. The van der Waals surface area contributed by atoms with Crippen LogP contribution in [0.5, 0.6) is 0 Å². The van der Waals surface area contributed by atoms with Crippen LogP contribution in [0.15, 0.2) is 30.0 Å². The number of hydrogen-bond acceptors (Lipinski definition) is 1. The highest BCUT2D eigenvalue weighted by atomic mass is 14.4. The molecule has 0 aliphatic heterocycles. The van der Waals surface area contributed by atoms with Crippen LogP contribution in [0.2, 0.25) is 0 Å². The molecule has 0 unspecified atom stereocenters. The molecular weight excluding hydrogens is 86.1 g/mol. The maximum Gasteiger partial charge on any atom is 0.0617 e. The van der Waals surface area contributed by atoms with Crippen LogP contribution < -0.4 is 0 Å². The number of rotatable bonds is 0. The molecule has 34 valence electrons. The van der Waals surface area contributed by atoms with Gasteiger partial charge in [0.15, 0.2) is 0 Å². The zero-order valence-corrected chi connectivity index (χ0v) is 3.81. The standard InChI is InChI=1S/C6H5N/c7-6-4-2-1-3-5-6/h1-2,4-5,7H. The second-order valence-corrected chi connectivity index (χ2v) is 1.29. The minimum Gasteiger partial charge on any atom is -0.300 e. The highest BCUT2D eigenvalue weighted by Crippen LogP contribution is 1.85. The molecule has 0 saturated carbocycles. The molecule has 0 radical (unpaired) electrons. The van der Waals surface area contributed by atoms with E-state index >= 15 is 0 Å². The molecular formula is C6H5N. The van der Waals surface area contributed by atoms with Crippen molar-refractivity contribution < 1.29 is 0 Å². The third kappa shape index (κ3) is 0.881. The van der Waals surface area contributed by atoms with Crippen molar-refractivity contribution in [3.8, 4) is 0 Å². The van der Waals surface area contributed by atoms with Crippen molar-refractivity contribution in [1.29, 1.82) is 5.41 Å². The summed E-state index contributed by atoms with van der Waals surface area (Å²) in [5.74, 6) is 0. The summed E-state index contributed by atoms with van der Waals surface area (Å²) in [6.07, 6.45) is 6.91. The summed E-state index contributed by atoms with van der Waals surface area (Å²) >= 11 is 0. The Bertz CT molecular complexity index is 169. The van der Waals surface area contributed by atoms with Gasteiger partial charge < -0.3 is 5.41 Å². The molecule has 0 atom stereocenters. The fourth-order valence-corrected chi connectivity index (χ4v) is 0.393. The summed E-state index contributed by atoms with van der Waals surface area (Å²) in [6.45, 7) is 0. The predicted molar refractivity (Wildman–Crippen MR) is 29.5 cm³/mol. The molecule has 0 fully saturated rings. The van der Waals surface area contributed by atoms with E-state index in [-0.39, 0.29) is 0 Å². The third-order valence-electron chi connectivity index (χ3n) is 0.707. The van der Waals surface area contributed by atoms with Gasteiger partial charge in [-0.2, -0.15) is 0 Å². The third-order valence-corrected chi connectivity index (χ3v) is 0.707. The van der Waals surface area contributed by atoms with Crippen molar-refractivity contribution in [2.24, 2.45) is 0 Å². The Hall–Kier alpha value is -1.07. The van der Waals surface area contributed by atoms with E-state index in [2.05, 4.69) is 5.73 Å². The fourth-order valence-electron chi connectivity index (χ4n) is 0.393. The molecule has 0 heterocycles. The van der Waals surface area contributed by atoms with Crippen molar-refractivity contribution in [2.45, 2.75) is 0 Å². The predicted octanol–water partition coefficient (Wildman–Crippen LogP) is 1.29. The molecule has 0 spiro atoms. The molecule has 0 amide bonds. The quantitative estimate of drug-likeness (QED) is 0.434. The highest BCUT2D eigenvalue weighted by molar-refractivity contribution is 6.02. The van der Waals surface area contributed by atoms with Gasteiger partial charge in [-0.25, -0.2) is 0 Å². The molecule has 0 aromatic carbocycles. The minimum atomic E-state index is 0.516. The summed E-state index contributed by atoms with van der Waals surface area (Å²) in [5, 5.41) is 6.96. The van der Waals surface area contributed by atoms with Gasteiger partial charge in [-0.05, 0) is 12.2 Å². The average Bonchev–Trinajstić information content (AvgIpc) is 1.69. The summed E-state index contributed by atoms with van der Waals surface area (Å²) < 4.78 is 0. The minimum absolute atomic E-state index is 0.516. The highest BCUT2D eigenvalue weighted by Gasteiger charge is 1.80. The van der Waals surface area contributed by atoms with Crippen LogP contribution in [-0.2, 0) is 0 Å². The topological polar surface area (TPSA) is 23.9 Å². The Kier molecular flexibility index (Phi) is 0.928. The van der Waals surface area contributed by atoms with E-state index in [0.717, 1.165) is 0 Å². The van der Waals surface area contributed by atoms with E-state index in [9.17, 15) is 0 Å². The molecule has 1 N–H and O–H groups in total. The van der Waals surface area contributed by atoms with E-state index in [1.165, 1.54) is 0 Å². The first kappa shape index (κ1) is 4.10. The van der Waals surface area contributed by atoms with E-state index in [0.29, 0.717) is 5.71 Å². The molecule has 1 aliphatic rings. The van der Waals surface area contributed by atoms with Crippen molar-refractivity contribution >= 4 is 5.71 Å². The zero-order chi connectivity index (χ0) is 5.11. The van der Waals surface area contributed by atoms with Gasteiger partial charge in [-0.15, -0.1) is 5.73 Å². The summed E-state index contributed by atoms with van der Waals surface area (Å²) in [5.41, 5.74) is 3.29. The number of allylic oxidation sites excluding steroid dienone is 3. The zero-order valence-electron chi connectivity index (χ0n) is 3.81. The van der Waals surface area contributed by atoms with Gasteiger partial charge in [0.25, 0.3) is 0 Å². The van der Waals surface area contributed by atoms with Crippen LogP contribution >= 0.6 is 0 Å². The van der Waals surface area contributed by atoms with Crippen LogP contribution in [0, 0.1) is 5.41 Å². The van der Waals surface area contributed by atoms with Crippen LogP contribution in [0.1, 0.15) is 0 Å². The van der Waals surface area contributed by atoms with Gasteiger partial charge in [0, 0.05) is 6.08 Å². The van der Waals surface area contributed by atoms with Gasteiger partial charge >= 0.3 is 0 Å². The van der Waals surface area contributed by atoms with Gasteiger partial charge in [-0.3, -0.25) is 0 Å². The van der Waals surface area contributed by atoms with Crippen molar-refractivity contribution in [3.63, 3.8) is 0 Å². The first-order chi connectivity index (χ1) is 3.39. The molecule has 0 aromatic rings. The van der Waals surface area contributed by atoms with E-state index in [1.54, 1.807) is 24.3 Å². The average molecular weight is 91.1 g/mol. The van der Waals surface area contributed by atoms with Crippen molar-refractivity contribution in [1.82, 2.24) is 0 Å². The Morgan fingerprint density at radius 3 is 2.71 bits per heavy atom. The van der Waals surface area contributed by atoms with E-state index < -0.39 is 0 Å². The summed E-state index contributed by atoms with van der Waals surface area (Å²) in [6, 6.07) is 0. The lowest BCUT2D eigenvalue weighted by molar-refractivity contribution is 1.53. The Labute approximate surface area is 42.2 Å². The maximum absolute atomic E-state index is 6.96. The number of hydrogen-bond donors (Lipinski definition) is 1. The SMILES string of the molecule is N=C1C=C=CC=C1. The van der Waals surface area contributed by atoms with Crippen molar-refractivity contribution in [3.05, 3.63) is 30.0 Å². The maximum atomic E-state index is 6.96. The first-order valence-corrected chi connectivity index (χ1v) is 2.07. The second-order valence-electron chi connectivity index (χ2n) is 1.29. The summed E-state index contributed by atoms with van der Waals surface area (Å²) in [7, 11) is 0. The molecule has 0 saturated heterocycles. The molecule has 0 bridgehead atoms. The second kappa shape index (κ2) is 1.59. The van der Waals surface area contributed by atoms with E-state index in [1.807, 2.05) is 0 Å². The smallest absolute Gasteiger partial charge is 0.0617 e. The van der Waals surface area contributed by atoms with Crippen LogP contribution in [0.3, 0.4) is 0 Å². The lowest BCUT2D eigenvalue weighted by atomic mass is 10.2. The first-order valence-electron chi connectivity index (χ1n) is 2.07. The van der Waals surface area contributed by atoms with Crippen LogP contribution in [-0.4, -0.2) is 5.71 Å². The lowest BCUT2D eigenvalue weighted by Crippen LogP contribution is -1.82. The molecule has 1 rings (SSSR count). The molecule has 1 nitrogen and oxygen atoms in total. The normalized spacial score (nSPS) is 15.7. The van der Waals surface area contributed by atoms with Gasteiger partial charge in [-0.1, -0.05) is 6.08 Å². The van der Waals surface area contributed by atoms with Crippen molar-refractivity contribution in [2.75, 3.05) is 0 Å². The Balaban J connectivity index is 2.98. The Morgan fingerprint density at radius 1 is 1.57 bits per heavy atom. The molecule has 0 aromatic heterocycles. The van der Waals surface area contributed by atoms with Gasteiger partial charge in [0.1, 0.15) is 0 Å². The number of nitrogens with one attached hydrogen (secondary N) is 1. The summed E-state index contributed by atoms with van der Waals surface area (Å²) in [4.78, 5) is 0. The van der Waals surface area contributed by atoms with Crippen LogP contribution in [0.25, 0.3) is 0 Å². The van der Waals surface area contributed by atoms with Gasteiger partial charge in [0.05, 0.1) is 5.71 Å². The molecule has 1 heteroatoms. The lowest BCUT2D eigenvalue weighted by Gasteiger charge is -1.83.